The minimum Gasteiger partial charge on any atom is -0.508 e. The molecule has 0 spiro atoms. The quantitative estimate of drug-likeness (QED) is 0.494. The second-order valence-corrected chi connectivity index (χ2v) is 5.51. The first-order valence-electron chi connectivity index (χ1n) is 7.93. The number of hydrazone groups is 1. The average Bonchev–Trinajstić information content (AvgIpc) is 3.12. The standard InChI is InChI=1S/C19H18N4O2/c1-2-13-6-8-15(9-7-13)17-11-18(22-21-17)19(25)23-20-12-14-4-3-5-16(24)10-14/h3-12,24H,2H2,1H3,(H,21,22)(H,23,25). The zero-order valence-corrected chi connectivity index (χ0v) is 13.7. The van der Waals surface area contributed by atoms with Gasteiger partial charge in [0.25, 0.3) is 5.91 Å². The molecule has 0 saturated carbocycles. The summed E-state index contributed by atoms with van der Waals surface area (Å²) in [7, 11) is 0. The number of hydrogen-bond acceptors (Lipinski definition) is 4. The highest BCUT2D eigenvalue weighted by Crippen LogP contribution is 2.18. The Kier molecular flexibility index (Phi) is 4.89. The molecular formula is C19H18N4O2. The van der Waals surface area contributed by atoms with Crippen LogP contribution in [-0.4, -0.2) is 27.4 Å². The van der Waals surface area contributed by atoms with Crippen LogP contribution in [0.2, 0.25) is 0 Å². The summed E-state index contributed by atoms with van der Waals surface area (Å²) in [5.41, 5.74) is 6.32. The number of H-pyrrole nitrogens is 1. The number of phenols is 1. The molecule has 1 aromatic heterocycles. The summed E-state index contributed by atoms with van der Waals surface area (Å²) in [6.07, 6.45) is 2.43. The first kappa shape index (κ1) is 16.4. The Labute approximate surface area is 145 Å². The van der Waals surface area contributed by atoms with Crippen molar-refractivity contribution in [1.82, 2.24) is 15.6 Å². The van der Waals surface area contributed by atoms with E-state index in [1.54, 1.807) is 30.3 Å². The monoisotopic (exact) mass is 334 g/mol. The van der Waals surface area contributed by atoms with Crippen molar-refractivity contribution in [1.29, 1.82) is 0 Å². The summed E-state index contributed by atoms with van der Waals surface area (Å²) in [4.78, 5) is 12.1. The molecule has 3 aromatic rings. The van der Waals surface area contributed by atoms with E-state index >= 15 is 0 Å². The maximum absolute atomic E-state index is 12.1. The van der Waals surface area contributed by atoms with Gasteiger partial charge in [-0.25, -0.2) is 5.43 Å². The number of amides is 1. The number of aryl methyl sites for hydroxylation is 1. The number of aromatic nitrogens is 2. The molecule has 3 N–H and O–H groups in total. The molecule has 0 radical (unpaired) electrons. The molecule has 0 aliphatic rings. The van der Waals surface area contributed by atoms with E-state index in [1.807, 2.05) is 24.3 Å². The van der Waals surface area contributed by atoms with Crippen LogP contribution in [0, 0.1) is 0 Å². The predicted octanol–water partition coefficient (Wildman–Crippen LogP) is 3.11. The fourth-order valence-electron chi connectivity index (χ4n) is 2.33. The van der Waals surface area contributed by atoms with Gasteiger partial charge in [0, 0.05) is 5.56 Å². The van der Waals surface area contributed by atoms with Crippen molar-refractivity contribution < 1.29 is 9.90 Å². The lowest BCUT2D eigenvalue weighted by molar-refractivity contribution is 0.0950. The highest BCUT2D eigenvalue weighted by molar-refractivity contribution is 5.94. The lowest BCUT2D eigenvalue weighted by Crippen LogP contribution is -2.17. The Hall–Kier alpha value is -3.41. The molecule has 0 aliphatic heterocycles. The van der Waals surface area contributed by atoms with Crippen molar-refractivity contribution in [3.8, 4) is 17.0 Å². The highest BCUT2D eigenvalue weighted by Gasteiger charge is 2.10. The third kappa shape index (κ3) is 4.11. The van der Waals surface area contributed by atoms with E-state index in [9.17, 15) is 9.90 Å². The maximum atomic E-state index is 12.1. The van der Waals surface area contributed by atoms with E-state index < -0.39 is 0 Å². The summed E-state index contributed by atoms with van der Waals surface area (Å²) >= 11 is 0. The number of nitrogens with one attached hydrogen (secondary N) is 2. The molecule has 6 nitrogen and oxygen atoms in total. The van der Waals surface area contributed by atoms with Gasteiger partial charge in [-0.1, -0.05) is 43.3 Å². The molecule has 25 heavy (non-hydrogen) atoms. The molecule has 6 heteroatoms. The molecule has 0 atom stereocenters. The van der Waals surface area contributed by atoms with Crippen LogP contribution in [-0.2, 0) is 6.42 Å². The van der Waals surface area contributed by atoms with E-state index in [0.717, 1.165) is 12.0 Å². The molecule has 0 saturated heterocycles. The van der Waals surface area contributed by atoms with Gasteiger partial charge in [0.15, 0.2) is 0 Å². The summed E-state index contributed by atoms with van der Waals surface area (Å²) < 4.78 is 0. The lowest BCUT2D eigenvalue weighted by Gasteiger charge is -1.98. The predicted molar refractivity (Wildman–Crippen MR) is 96.6 cm³/mol. The van der Waals surface area contributed by atoms with Gasteiger partial charge in [-0.3, -0.25) is 9.89 Å². The zero-order chi connectivity index (χ0) is 17.6. The minimum atomic E-state index is -0.389. The molecule has 2 aromatic carbocycles. The highest BCUT2D eigenvalue weighted by atomic mass is 16.3. The van der Waals surface area contributed by atoms with E-state index in [1.165, 1.54) is 11.8 Å². The Morgan fingerprint density at radius 2 is 2.04 bits per heavy atom. The molecule has 0 unspecified atom stereocenters. The topological polar surface area (TPSA) is 90.4 Å². The van der Waals surface area contributed by atoms with Crippen LogP contribution < -0.4 is 5.43 Å². The second kappa shape index (κ2) is 7.44. The molecule has 0 bridgehead atoms. The zero-order valence-electron chi connectivity index (χ0n) is 13.7. The molecule has 126 valence electrons. The summed E-state index contributed by atoms with van der Waals surface area (Å²) in [6, 6.07) is 16.3. The van der Waals surface area contributed by atoms with Crippen LogP contribution in [0.4, 0.5) is 0 Å². The van der Waals surface area contributed by atoms with Crippen LogP contribution in [0.1, 0.15) is 28.5 Å². The molecule has 0 fully saturated rings. The van der Waals surface area contributed by atoms with E-state index in [4.69, 9.17) is 0 Å². The number of carbonyl (C=O) groups is 1. The van der Waals surface area contributed by atoms with Crippen molar-refractivity contribution in [3.63, 3.8) is 0 Å². The van der Waals surface area contributed by atoms with Gasteiger partial charge in [0.1, 0.15) is 11.4 Å². The summed E-state index contributed by atoms with van der Waals surface area (Å²) in [5.74, 6) is -0.247. The summed E-state index contributed by atoms with van der Waals surface area (Å²) in [6.45, 7) is 2.10. The van der Waals surface area contributed by atoms with Crippen LogP contribution >= 0.6 is 0 Å². The Bertz CT molecular complexity index is 898. The fraction of sp³-hybridized carbons (Fsp3) is 0.105. The molecule has 1 heterocycles. The van der Waals surface area contributed by atoms with Crippen molar-refractivity contribution in [2.45, 2.75) is 13.3 Å². The number of phenolic OH excluding ortho intramolecular Hbond substituents is 1. The van der Waals surface area contributed by atoms with Crippen LogP contribution in [0.5, 0.6) is 5.75 Å². The van der Waals surface area contributed by atoms with Gasteiger partial charge in [-0.05, 0) is 35.7 Å². The number of hydrogen-bond donors (Lipinski definition) is 3. The number of carbonyl (C=O) groups excluding carboxylic acids is 1. The van der Waals surface area contributed by atoms with Crippen LogP contribution in [0.3, 0.4) is 0 Å². The van der Waals surface area contributed by atoms with Gasteiger partial charge in [-0.15, -0.1) is 0 Å². The molecular weight excluding hydrogens is 316 g/mol. The molecule has 0 aliphatic carbocycles. The Balaban J connectivity index is 1.66. The van der Waals surface area contributed by atoms with Gasteiger partial charge >= 0.3 is 0 Å². The third-order valence-corrected chi connectivity index (χ3v) is 3.73. The largest absolute Gasteiger partial charge is 0.508 e. The van der Waals surface area contributed by atoms with E-state index in [2.05, 4.69) is 27.6 Å². The number of aromatic hydroxyl groups is 1. The van der Waals surface area contributed by atoms with Gasteiger partial charge in [0.2, 0.25) is 0 Å². The van der Waals surface area contributed by atoms with E-state index in [-0.39, 0.29) is 11.7 Å². The number of aromatic amines is 1. The van der Waals surface area contributed by atoms with Gasteiger partial charge in [0.05, 0.1) is 11.9 Å². The fourth-order valence-corrected chi connectivity index (χ4v) is 2.33. The smallest absolute Gasteiger partial charge is 0.289 e. The Morgan fingerprint density at radius 1 is 1.24 bits per heavy atom. The first-order valence-corrected chi connectivity index (χ1v) is 7.93. The first-order chi connectivity index (χ1) is 12.2. The van der Waals surface area contributed by atoms with Crippen molar-refractivity contribution in [2.75, 3.05) is 0 Å². The van der Waals surface area contributed by atoms with Crippen molar-refractivity contribution >= 4 is 12.1 Å². The normalized spacial score (nSPS) is 10.9. The summed E-state index contributed by atoms with van der Waals surface area (Å²) in [5, 5.41) is 20.1. The van der Waals surface area contributed by atoms with Gasteiger partial charge in [-0.2, -0.15) is 10.2 Å². The number of nitrogens with zero attached hydrogens (tertiary/aromatic N) is 2. The minimum absolute atomic E-state index is 0.141. The van der Waals surface area contributed by atoms with Crippen molar-refractivity contribution in [3.05, 3.63) is 71.4 Å². The number of benzene rings is 2. The lowest BCUT2D eigenvalue weighted by atomic mass is 10.1. The molecule has 1 amide bonds. The van der Waals surface area contributed by atoms with Crippen molar-refractivity contribution in [2.24, 2.45) is 5.10 Å². The third-order valence-electron chi connectivity index (χ3n) is 3.73. The number of rotatable bonds is 5. The van der Waals surface area contributed by atoms with Crippen LogP contribution in [0.15, 0.2) is 59.7 Å². The Morgan fingerprint density at radius 3 is 2.76 bits per heavy atom. The SMILES string of the molecule is CCc1ccc(-c2cc(C(=O)NN=Cc3cccc(O)c3)[nH]n2)cc1. The maximum Gasteiger partial charge on any atom is 0.289 e. The van der Waals surface area contributed by atoms with E-state index in [0.29, 0.717) is 17.0 Å². The average molecular weight is 334 g/mol. The van der Waals surface area contributed by atoms with Crippen LogP contribution in [0.25, 0.3) is 11.3 Å². The second-order valence-electron chi connectivity index (χ2n) is 5.51. The van der Waals surface area contributed by atoms with Gasteiger partial charge < -0.3 is 5.11 Å². The molecule has 3 rings (SSSR count).